The van der Waals surface area contributed by atoms with Gasteiger partial charge in [0.05, 0.1) is 25.5 Å². The summed E-state index contributed by atoms with van der Waals surface area (Å²) >= 11 is 0. The molecule has 0 radical (unpaired) electrons. The van der Waals surface area contributed by atoms with Gasteiger partial charge in [-0.05, 0) is 54.2 Å². The molecule has 1 saturated heterocycles. The highest BCUT2D eigenvalue weighted by Gasteiger charge is 2.59. The van der Waals surface area contributed by atoms with E-state index in [4.69, 9.17) is 9.47 Å². The van der Waals surface area contributed by atoms with E-state index in [1.807, 2.05) is 0 Å². The van der Waals surface area contributed by atoms with Gasteiger partial charge in [0, 0.05) is 38.3 Å². The van der Waals surface area contributed by atoms with Gasteiger partial charge in [-0.2, -0.15) is 4.31 Å². The van der Waals surface area contributed by atoms with E-state index >= 15 is 0 Å². The van der Waals surface area contributed by atoms with E-state index < -0.39 is 10.0 Å². The molecule has 2 aliphatic carbocycles. The lowest BCUT2D eigenvalue weighted by atomic mass is 9.68. The zero-order valence-electron chi connectivity index (χ0n) is 20.1. The lowest BCUT2D eigenvalue weighted by Crippen LogP contribution is -2.52. The highest BCUT2D eigenvalue weighted by atomic mass is 32.2. The first-order valence-corrected chi connectivity index (χ1v) is 13.3. The number of nitrogens with zero attached hydrogens (tertiary/aromatic N) is 1. The van der Waals surface area contributed by atoms with Crippen LogP contribution in [0.25, 0.3) is 0 Å². The van der Waals surface area contributed by atoms with Gasteiger partial charge in [-0.25, -0.2) is 8.42 Å². The summed E-state index contributed by atoms with van der Waals surface area (Å²) < 4.78 is 38.8. The third-order valence-corrected chi connectivity index (χ3v) is 9.94. The largest absolute Gasteiger partial charge is 0.383 e. The third-order valence-electron chi connectivity index (χ3n) is 8.00. The van der Waals surface area contributed by atoms with Crippen molar-refractivity contribution in [2.75, 3.05) is 51.9 Å². The van der Waals surface area contributed by atoms with Crippen molar-refractivity contribution in [3.63, 3.8) is 0 Å². The van der Waals surface area contributed by atoms with Gasteiger partial charge in [0.1, 0.15) is 4.90 Å². The predicted molar refractivity (Wildman–Crippen MR) is 127 cm³/mol. The molecule has 1 aromatic carbocycles. The zero-order chi connectivity index (χ0) is 23.9. The first-order chi connectivity index (χ1) is 15.6. The van der Waals surface area contributed by atoms with Crippen LogP contribution in [0.3, 0.4) is 0 Å². The summed E-state index contributed by atoms with van der Waals surface area (Å²) in [6.45, 7) is 8.97. The van der Waals surface area contributed by atoms with Crippen molar-refractivity contribution in [2.24, 2.45) is 16.7 Å². The van der Waals surface area contributed by atoms with Crippen LogP contribution in [-0.2, 0) is 19.5 Å². The van der Waals surface area contributed by atoms with Crippen LogP contribution in [0.1, 0.15) is 50.4 Å². The fraction of sp³-hybridized carbons (Fsp3) is 0.708. The van der Waals surface area contributed by atoms with E-state index in [0.29, 0.717) is 56.6 Å². The summed E-state index contributed by atoms with van der Waals surface area (Å²) in [6, 6.07) is 4.96. The molecule has 2 bridgehead atoms. The molecule has 0 spiro atoms. The van der Waals surface area contributed by atoms with Gasteiger partial charge in [0.15, 0.2) is 0 Å². The summed E-state index contributed by atoms with van der Waals surface area (Å²) in [6.07, 6.45) is 3.45. The summed E-state index contributed by atoms with van der Waals surface area (Å²) in [7, 11) is -2.19. The fourth-order valence-electron chi connectivity index (χ4n) is 6.11. The number of nitrogens with one attached hydrogen (secondary N) is 2. The lowest BCUT2D eigenvalue weighted by molar-refractivity contribution is 0.0729. The van der Waals surface area contributed by atoms with E-state index in [1.54, 1.807) is 19.2 Å². The van der Waals surface area contributed by atoms with Crippen LogP contribution >= 0.6 is 0 Å². The molecule has 3 aliphatic rings. The number of ether oxygens (including phenoxy) is 2. The molecule has 1 aliphatic heterocycles. The second-order valence-electron chi connectivity index (χ2n) is 10.5. The number of carbonyl (C=O) groups is 1. The molecule has 3 atom stereocenters. The van der Waals surface area contributed by atoms with Crippen molar-refractivity contribution in [3.8, 4) is 0 Å². The number of hydrogen-bond acceptors (Lipinski definition) is 6. The van der Waals surface area contributed by atoms with Gasteiger partial charge in [-0.1, -0.05) is 20.8 Å². The molecule has 1 aromatic rings. The lowest BCUT2D eigenvalue weighted by Gasteiger charge is -2.43. The van der Waals surface area contributed by atoms with Gasteiger partial charge in [-0.3, -0.25) is 4.79 Å². The Hall–Kier alpha value is -1.68. The minimum atomic E-state index is -3.79. The van der Waals surface area contributed by atoms with Gasteiger partial charge in [-0.15, -0.1) is 0 Å². The monoisotopic (exact) mass is 479 g/mol. The Morgan fingerprint density at radius 2 is 1.97 bits per heavy atom. The average Bonchev–Trinajstić information content (AvgIpc) is 3.28. The number of morpholine rings is 1. The average molecular weight is 480 g/mol. The number of anilines is 1. The first-order valence-electron chi connectivity index (χ1n) is 11.9. The van der Waals surface area contributed by atoms with Gasteiger partial charge < -0.3 is 20.1 Å². The summed E-state index contributed by atoms with van der Waals surface area (Å²) in [5.41, 5.74) is 0.949. The molecule has 2 N–H and O–H groups in total. The van der Waals surface area contributed by atoms with Crippen molar-refractivity contribution in [1.82, 2.24) is 9.62 Å². The van der Waals surface area contributed by atoms with Crippen LogP contribution in [0.4, 0.5) is 5.69 Å². The maximum Gasteiger partial charge on any atom is 0.251 e. The molecule has 2 saturated carbocycles. The van der Waals surface area contributed by atoms with E-state index in [0.717, 1.165) is 12.8 Å². The molecule has 184 valence electrons. The van der Waals surface area contributed by atoms with Crippen molar-refractivity contribution in [1.29, 1.82) is 0 Å². The number of amides is 1. The Bertz CT molecular complexity index is 985. The minimum Gasteiger partial charge on any atom is -0.383 e. The van der Waals surface area contributed by atoms with E-state index in [2.05, 4.69) is 31.4 Å². The van der Waals surface area contributed by atoms with Crippen molar-refractivity contribution in [3.05, 3.63) is 23.8 Å². The number of sulfonamides is 1. The van der Waals surface area contributed by atoms with Crippen LogP contribution in [0.5, 0.6) is 0 Å². The Morgan fingerprint density at radius 3 is 2.61 bits per heavy atom. The van der Waals surface area contributed by atoms with E-state index in [-0.39, 0.29) is 27.7 Å². The van der Waals surface area contributed by atoms with Crippen LogP contribution in [0.15, 0.2) is 23.1 Å². The first kappa shape index (κ1) is 24.4. The number of benzene rings is 1. The summed E-state index contributed by atoms with van der Waals surface area (Å²) in [4.78, 5) is 13.5. The van der Waals surface area contributed by atoms with E-state index in [9.17, 15) is 13.2 Å². The number of methoxy groups -OCH3 is 1. The summed E-state index contributed by atoms with van der Waals surface area (Å²) in [5.74, 6) is 0.390. The van der Waals surface area contributed by atoms with E-state index in [1.165, 1.54) is 16.8 Å². The smallest absolute Gasteiger partial charge is 0.251 e. The molecule has 33 heavy (non-hydrogen) atoms. The van der Waals surface area contributed by atoms with Gasteiger partial charge in [0.2, 0.25) is 10.0 Å². The topological polar surface area (TPSA) is 97.0 Å². The molecule has 1 heterocycles. The maximum absolute atomic E-state index is 13.5. The normalized spacial score (nSPS) is 29.2. The van der Waals surface area contributed by atoms with Gasteiger partial charge in [0.25, 0.3) is 5.91 Å². The Kier molecular flexibility index (Phi) is 6.79. The molecule has 1 unspecified atom stereocenters. The molecule has 3 fully saturated rings. The van der Waals surface area contributed by atoms with Crippen LogP contribution < -0.4 is 10.6 Å². The second-order valence-corrected chi connectivity index (χ2v) is 12.4. The maximum atomic E-state index is 13.5. The van der Waals surface area contributed by atoms with Crippen LogP contribution in [-0.4, -0.2) is 71.2 Å². The Morgan fingerprint density at radius 1 is 1.24 bits per heavy atom. The molecular weight excluding hydrogens is 442 g/mol. The quantitative estimate of drug-likeness (QED) is 0.557. The summed E-state index contributed by atoms with van der Waals surface area (Å²) in [5, 5.41) is 6.43. The standard InChI is InChI=1S/C24H37N3O5S/c1-23(2)18-7-8-24(3,16-18)22(23)26-21(28)17-5-6-19(25-9-12-31-4)20(15-17)33(29,30)27-10-13-32-14-11-27/h5-6,15,18,22,25H,7-14,16H2,1-4H3,(H,26,28)/t18-,22?,24-/m1/s1. The number of carbonyl (C=O) groups excluding carboxylic acids is 1. The Balaban J connectivity index is 1.62. The highest BCUT2D eigenvalue weighted by Crippen LogP contribution is 2.62. The van der Waals surface area contributed by atoms with Crippen LogP contribution in [0.2, 0.25) is 0 Å². The number of hydrogen-bond donors (Lipinski definition) is 2. The zero-order valence-corrected chi connectivity index (χ0v) is 21.0. The minimum absolute atomic E-state index is 0.0208. The molecule has 9 heteroatoms. The molecule has 0 aromatic heterocycles. The van der Waals surface area contributed by atoms with Crippen molar-refractivity contribution in [2.45, 2.75) is 51.0 Å². The third kappa shape index (κ3) is 4.52. The fourth-order valence-corrected chi connectivity index (χ4v) is 7.72. The molecular formula is C24H37N3O5S. The van der Waals surface area contributed by atoms with Crippen LogP contribution in [0, 0.1) is 16.7 Å². The molecule has 1 amide bonds. The second kappa shape index (κ2) is 9.17. The SMILES string of the molecule is COCCNc1ccc(C(=O)NC2C(C)(C)[C@@H]3CC[C@]2(C)C3)cc1S(=O)(=O)N1CCOCC1. The van der Waals surface area contributed by atoms with Crippen molar-refractivity contribution < 1.29 is 22.7 Å². The highest BCUT2D eigenvalue weighted by molar-refractivity contribution is 7.89. The number of fused-ring (bicyclic) bond motifs is 2. The van der Waals surface area contributed by atoms with Gasteiger partial charge >= 0.3 is 0 Å². The Labute approximate surface area is 197 Å². The van der Waals surface area contributed by atoms with Crippen molar-refractivity contribution >= 4 is 21.6 Å². The predicted octanol–water partition coefficient (Wildman–Crippen LogP) is 2.71. The molecule has 4 rings (SSSR count). The number of rotatable bonds is 8. The molecule has 8 nitrogen and oxygen atoms in total.